The van der Waals surface area contributed by atoms with Gasteiger partial charge in [-0.25, -0.2) is 9.97 Å². The molecule has 0 atom stereocenters. The fourth-order valence-corrected chi connectivity index (χ4v) is 3.91. The highest BCUT2D eigenvalue weighted by atomic mass is 16.5. The molecule has 3 N–H and O–H groups in total. The number of H-pyrrole nitrogens is 1. The van der Waals surface area contributed by atoms with Crippen molar-refractivity contribution in [2.45, 2.75) is 13.5 Å². The molecule has 5 aromatic rings. The Morgan fingerprint density at radius 2 is 1.86 bits per heavy atom. The lowest BCUT2D eigenvalue weighted by atomic mass is 10.0. The Morgan fingerprint density at radius 3 is 2.69 bits per heavy atom. The highest BCUT2D eigenvalue weighted by Gasteiger charge is 2.15. The predicted octanol–water partition coefficient (Wildman–Crippen LogP) is 4.64. The number of amides is 1. The molecule has 3 aromatic heterocycles. The highest BCUT2D eigenvalue weighted by Crippen LogP contribution is 2.35. The average molecular weight is 466 g/mol. The molecule has 0 bridgehead atoms. The first-order valence-electron chi connectivity index (χ1n) is 11.0. The Morgan fingerprint density at radius 1 is 1.03 bits per heavy atom. The van der Waals surface area contributed by atoms with Crippen LogP contribution < -0.4 is 10.1 Å². The molecule has 0 spiro atoms. The topological polar surface area (TPSA) is 113 Å². The van der Waals surface area contributed by atoms with E-state index in [0.29, 0.717) is 34.9 Å². The lowest BCUT2D eigenvalue weighted by Crippen LogP contribution is -2.23. The van der Waals surface area contributed by atoms with Crippen molar-refractivity contribution in [2.24, 2.45) is 0 Å². The second kappa shape index (κ2) is 9.26. The quantitative estimate of drug-likeness (QED) is 0.337. The Labute approximate surface area is 201 Å². The number of benzene rings is 2. The Kier molecular flexibility index (Phi) is 5.85. The summed E-state index contributed by atoms with van der Waals surface area (Å²) in [5, 5.41) is 13.5. The molecular formula is C27H23N5O3. The van der Waals surface area contributed by atoms with Gasteiger partial charge in [-0.1, -0.05) is 12.1 Å². The van der Waals surface area contributed by atoms with Crippen molar-refractivity contribution in [3.05, 3.63) is 89.9 Å². The highest BCUT2D eigenvalue weighted by molar-refractivity contribution is 5.97. The maximum absolute atomic E-state index is 12.7. The van der Waals surface area contributed by atoms with Crippen LogP contribution in [0.1, 0.15) is 21.6 Å². The molecule has 0 radical (unpaired) electrons. The smallest absolute Gasteiger partial charge is 0.251 e. The lowest BCUT2D eigenvalue weighted by molar-refractivity contribution is 0.0950. The van der Waals surface area contributed by atoms with Crippen LogP contribution in [0.4, 0.5) is 0 Å². The number of aromatic amines is 1. The molecule has 0 aliphatic heterocycles. The molecule has 2 aromatic carbocycles. The summed E-state index contributed by atoms with van der Waals surface area (Å²) in [5.74, 6) is 0.851. The number of aryl methyl sites for hydroxylation is 1. The van der Waals surface area contributed by atoms with Crippen molar-refractivity contribution in [1.82, 2.24) is 25.3 Å². The van der Waals surface area contributed by atoms with E-state index in [9.17, 15) is 9.90 Å². The monoisotopic (exact) mass is 465 g/mol. The van der Waals surface area contributed by atoms with Crippen LogP contribution in [0, 0.1) is 6.92 Å². The van der Waals surface area contributed by atoms with E-state index in [-0.39, 0.29) is 11.7 Å². The van der Waals surface area contributed by atoms with Crippen molar-refractivity contribution < 1.29 is 14.6 Å². The molecule has 3 heterocycles. The van der Waals surface area contributed by atoms with Gasteiger partial charge in [0, 0.05) is 23.5 Å². The largest absolute Gasteiger partial charge is 0.507 e. The third kappa shape index (κ3) is 4.41. The minimum Gasteiger partial charge on any atom is -0.507 e. The van der Waals surface area contributed by atoms with Gasteiger partial charge in [0.15, 0.2) is 0 Å². The maximum atomic E-state index is 12.7. The number of aromatic hydroxyl groups is 1. The number of phenolic OH excluding ortho intramolecular Hbond substituents is 1. The Bertz CT molecular complexity index is 1540. The summed E-state index contributed by atoms with van der Waals surface area (Å²) >= 11 is 0. The summed E-state index contributed by atoms with van der Waals surface area (Å²) in [6.45, 7) is 2.30. The van der Waals surface area contributed by atoms with Crippen LogP contribution in [0.2, 0.25) is 0 Å². The van der Waals surface area contributed by atoms with Crippen LogP contribution in [0.3, 0.4) is 0 Å². The molecule has 1 amide bonds. The third-order valence-electron chi connectivity index (χ3n) is 5.81. The average Bonchev–Trinajstić information content (AvgIpc) is 3.31. The Hall–Kier alpha value is -4.72. The number of methoxy groups -OCH3 is 1. The van der Waals surface area contributed by atoms with Crippen molar-refractivity contribution in [3.63, 3.8) is 0 Å². The van der Waals surface area contributed by atoms with E-state index in [4.69, 9.17) is 4.74 Å². The summed E-state index contributed by atoms with van der Waals surface area (Å²) in [6.07, 6.45) is 3.37. The first kappa shape index (κ1) is 22.1. The number of rotatable bonds is 6. The molecule has 174 valence electrons. The summed E-state index contributed by atoms with van der Waals surface area (Å²) in [4.78, 5) is 29.2. The summed E-state index contributed by atoms with van der Waals surface area (Å²) in [7, 11) is 1.57. The van der Waals surface area contributed by atoms with Crippen molar-refractivity contribution in [1.29, 1.82) is 0 Å². The number of hydrogen-bond donors (Lipinski definition) is 3. The minimum absolute atomic E-state index is 0.0827. The van der Waals surface area contributed by atoms with Gasteiger partial charge >= 0.3 is 0 Å². The molecule has 0 saturated heterocycles. The van der Waals surface area contributed by atoms with Crippen LogP contribution in [0.25, 0.3) is 33.5 Å². The zero-order chi connectivity index (χ0) is 24.4. The van der Waals surface area contributed by atoms with Gasteiger partial charge in [-0.3, -0.25) is 9.78 Å². The number of carbonyl (C=O) groups is 1. The van der Waals surface area contributed by atoms with E-state index in [1.54, 1.807) is 49.8 Å². The van der Waals surface area contributed by atoms with E-state index >= 15 is 0 Å². The molecular weight excluding hydrogens is 442 g/mol. The van der Waals surface area contributed by atoms with Gasteiger partial charge in [-0.05, 0) is 66.6 Å². The van der Waals surface area contributed by atoms with E-state index in [1.165, 1.54) is 0 Å². The van der Waals surface area contributed by atoms with Gasteiger partial charge in [-0.15, -0.1) is 0 Å². The van der Waals surface area contributed by atoms with Crippen LogP contribution in [-0.2, 0) is 6.54 Å². The summed E-state index contributed by atoms with van der Waals surface area (Å²) in [6, 6.07) is 18.1. The van der Waals surface area contributed by atoms with Gasteiger partial charge in [0.2, 0.25) is 5.88 Å². The standard InChI is InChI=1S/C27H23N5O3/c1-16-5-3-11-28-23(16)15-30-26(34)18-7-9-21-22(14-18)32-25(31-21)20-13-17(8-10-24(20)33)19-6-4-12-29-27(19)35-2/h3-14,33H,15H2,1-2H3,(H,30,34)(H,31,32). The Balaban J connectivity index is 1.43. The summed E-state index contributed by atoms with van der Waals surface area (Å²) in [5.41, 5.74) is 5.85. The summed E-state index contributed by atoms with van der Waals surface area (Å²) < 4.78 is 5.37. The van der Waals surface area contributed by atoms with Crippen LogP contribution in [0.15, 0.2) is 73.1 Å². The fourth-order valence-electron chi connectivity index (χ4n) is 3.91. The zero-order valence-electron chi connectivity index (χ0n) is 19.2. The van der Waals surface area contributed by atoms with Gasteiger partial charge in [0.05, 0.1) is 35.9 Å². The molecule has 0 fully saturated rings. The SMILES string of the molecule is COc1ncccc1-c1ccc(O)c(-c2nc3cc(C(=O)NCc4ncccc4C)ccc3[nH]2)c1. The molecule has 0 aliphatic carbocycles. The normalized spacial score (nSPS) is 10.9. The number of nitrogens with zero attached hydrogens (tertiary/aromatic N) is 3. The molecule has 0 unspecified atom stereocenters. The second-order valence-corrected chi connectivity index (χ2v) is 8.06. The maximum Gasteiger partial charge on any atom is 0.251 e. The van der Waals surface area contributed by atoms with Gasteiger partial charge in [0.1, 0.15) is 11.6 Å². The van der Waals surface area contributed by atoms with Crippen molar-refractivity contribution in [3.8, 4) is 34.1 Å². The molecule has 8 nitrogen and oxygen atoms in total. The second-order valence-electron chi connectivity index (χ2n) is 8.06. The van der Waals surface area contributed by atoms with E-state index in [2.05, 4.69) is 25.3 Å². The molecule has 5 rings (SSSR count). The fraction of sp³-hybridized carbons (Fsp3) is 0.111. The molecule has 0 aliphatic rings. The van der Waals surface area contributed by atoms with E-state index in [1.807, 2.05) is 37.3 Å². The first-order valence-corrected chi connectivity index (χ1v) is 11.0. The zero-order valence-corrected chi connectivity index (χ0v) is 19.2. The van der Waals surface area contributed by atoms with Crippen molar-refractivity contribution in [2.75, 3.05) is 7.11 Å². The molecule has 0 saturated carbocycles. The van der Waals surface area contributed by atoms with Crippen molar-refractivity contribution >= 4 is 16.9 Å². The van der Waals surface area contributed by atoms with Gasteiger partial charge < -0.3 is 20.1 Å². The lowest BCUT2D eigenvalue weighted by Gasteiger charge is -2.09. The molecule has 8 heteroatoms. The van der Waals surface area contributed by atoms with Crippen LogP contribution in [0.5, 0.6) is 11.6 Å². The number of fused-ring (bicyclic) bond motifs is 1. The number of pyridine rings is 2. The van der Waals surface area contributed by atoms with Gasteiger partial charge in [-0.2, -0.15) is 0 Å². The van der Waals surface area contributed by atoms with Gasteiger partial charge in [0.25, 0.3) is 5.91 Å². The molecule has 35 heavy (non-hydrogen) atoms. The van der Waals surface area contributed by atoms with E-state index < -0.39 is 0 Å². The first-order chi connectivity index (χ1) is 17.0. The van der Waals surface area contributed by atoms with E-state index in [0.717, 1.165) is 27.9 Å². The van der Waals surface area contributed by atoms with Crippen LogP contribution in [-0.4, -0.2) is 38.1 Å². The number of aromatic nitrogens is 4. The number of carbonyl (C=O) groups excluding carboxylic acids is 1. The number of nitrogens with one attached hydrogen (secondary N) is 2. The number of hydrogen-bond acceptors (Lipinski definition) is 6. The number of imidazole rings is 1. The van der Waals surface area contributed by atoms with Crippen LogP contribution >= 0.6 is 0 Å². The number of ether oxygens (including phenoxy) is 1. The third-order valence-corrected chi connectivity index (χ3v) is 5.81. The predicted molar refractivity (Wildman–Crippen MR) is 133 cm³/mol. The minimum atomic E-state index is -0.213. The number of phenols is 1.